The first kappa shape index (κ1) is 18.2. The van der Waals surface area contributed by atoms with Crippen LogP contribution >= 0.6 is 0 Å². The van der Waals surface area contributed by atoms with Crippen LogP contribution in [0.3, 0.4) is 0 Å². The van der Waals surface area contributed by atoms with Gasteiger partial charge in [-0.15, -0.1) is 0 Å². The molecule has 0 unspecified atom stereocenters. The van der Waals surface area contributed by atoms with E-state index in [1.807, 2.05) is 0 Å². The van der Waals surface area contributed by atoms with Crippen molar-refractivity contribution >= 4 is 5.69 Å². The third-order valence-electron chi connectivity index (χ3n) is 4.08. The minimum Gasteiger partial charge on any atom is -0.493 e. The maximum atomic E-state index is 11.0. The van der Waals surface area contributed by atoms with Gasteiger partial charge in [-0.05, 0) is 31.2 Å². The first-order valence-electron chi connectivity index (χ1n) is 7.96. The van der Waals surface area contributed by atoms with Crippen LogP contribution in [-0.4, -0.2) is 41.4 Å². The van der Waals surface area contributed by atoms with Gasteiger partial charge < -0.3 is 14.2 Å². The summed E-state index contributed by atoms with van der Waals surface area (Å²) in [6, 6.07) is 8.26. The van der Waals surface area contributed by atoms with Gasteiger partial charge in [-0.3, -0.25) is 15.2 Å². The molecule has 0 aliphatic heterocycles. The van der Waals surface area contributed by atoms with Crippen molar-refractivity contribution in [1.29, 1.82) is 0 Å². The maximum absolute atomic E-state index is 11.0. The zero-order chi connectivity index (χ0) is 19.6. The molecule has 9 nitrogen and oxygen atoms in total. The van der Waals surface area contributed by atoms with Gasteiger partial charge in [0.25, 0.3) is 5.69 Å². The molecule has 0 saturated carbocycles. The van der Waals surface area contributed by atoms with E-state index in [0.717, 1.165) is 0 Å². The first-order chi connectivity index (χ1) is 13.0. The lowest BCUT2D eigenvalue weighted by Crippen LogP contribution is -1.96. The molecule has 1 heterocycles. The van der Waals surface area contributed by atoms with Crippen molar-refractivity contribution in [3.63, 3.8) is 0 Å². The van der Waals surface area contributed by atoms with E-state index in [0.29, 0.717) is 45.6 Å². The maximum Gasteiger partial charge on any atom is 0.272 e. The number of aromatic nitrogens is 3. The number of nitro groups is 1. The van der Waals surface area contributed by atoms with Crippen molar-refractivity contribution in [3.05, 3.63) is 46.0 Å². The standard InChI is InChI=1S/C18H18N4O5/c1-10-7-11(5-6-13(10)22(23)24)17-19-18(21-20-17)12-8-14(25-2)16(27-4)15(9-12)26-3/h5-9H,1-4H3,(H,19,20,21). The summed E-state index contributed by atoms with van der Waals surface area (Å²) < 4.78 is 16.0. The van der Waals surface area contributed by atoms with Crippen LogP contribution in [0.5, 0.6) is 17.2 Å². The van der Waals surface area contributed by atoms with Gasteiger partial charge in [0.15, 0.2) is 23.1 Å². The Kier molecular flexibility index (Phi) is 4.93. The number of hydrogen-bond acceptors (Lipinski definition) is 7. The van der Waals surface area contributed by atoms with Crippen LogP contribution in [0.25, 0.3) is 22.8 Å². The predicted molar refractivity (Wildman–Crippen MR) is 98.3 cm³/mol. The monoisotopic (exact) mass is 370 g/mol. The molecular weight excluding hydrogens is 352 g/mol. The summed E-state index contributed by atoms with van der Waals surface area (Å²) in [4.78, 5) is 15.0. The smallest absolute Gasteiger partial charge is 0.272 e. The van der Waals surface area contributed by atoms with Crippen molar-refractivity contribution in [2.24, 2.45) is 0 Å². The number of ether oxygens (including phenoxy) is 3. The lowest BCUT2D eigenvalue weighted by atomic mass is 10.1. The first-order valence-corrected chi connectivity index (χ1v) is 7.96. The molecule has 3 rings (SSSR count). The molecule has 0 spiro atoms. The second kappa shape index (κ2) is 7.32. The topological polar surface area (TPSA) is 112 Å². The Balaban J connectivity index is 2.01. The van der Waals surface area contributed by atoms with Crippen LogP contribution in [0.2, 0.25) is 0 Å². The van der Waals surface area contributed by atoms with Gasteiger partial charge in [0.1, 0.15) is 0 Å². The van der Waals surface area contributed by atoms with Crippen LogP contribution in [0.15, 0.2) is 30.3 Å². The molecule has 0 aliphatic rings. The molecule has 140 valence electrons. The third-order valence-corrected chi connectivity index (χ3v) is 4.08. The van der Waals surface area contributed by atoms with Crippen molar-refractivity contribution in [3.8, 4) is 40.0 Å². The number of methoxy groups -OCH3 is 3. The highest BCUT2D eigenvalue weighted by Crippen LogP contribution is 2.40. The van der Waals surface area contributed by atoms with Gasteiger partial charge in [0.05, 0.1) is 26.3 Å². The summed E-state index contributed by atoms with van der Waals surface area (Å²) in [6.45, 7) is 1.68. The van der Waals surface area contributed by atoms with Gasteiger partial charge in [-0.2, -0.15) is 5.10 Å². The average molecular weight is 370 g/mol. The Hall–Kier alpha value is -3.62. The van der Waals surface area contributed by atoms with Crippen molar-refractivity contribution in [2.45, 2.75) is 6.92 Å². The number of nitrogens with zero attached hydrogens (tertiary/aromatic N) is 3. The van der Waals surface area contributed by atoms with Crippen molar-refractivity contribution < 1.29 is 19.1 Å². The summed E-state index contributed by atoms with van der Waals surface area (Å²) >= 11 is 0. The zero-order valence-electron chi connectivity index (χ0n) is 15.3. The molecule has 0 atom stereocenters. The van der Waals surface area contributed by atoms with Crippen molar-refractivity contribution in [1.82, 2.24) is 15.2 Å². The van der Waals surface area contributed by atoms with Gasteiger partial charge in [-0.25, -0.2) is 4.98 Å². The second-order valence-electron chi connectivity index (χ2n) is 5.68. The molecule has 27 heavy (non-hydrogen) atoms. The summed E-state index contributed by atoms with van der Waals surface area (Å²) in [5.74, 6) is 2.39. The number of nitrogens with one attached hydrogen (secondary N) is 1. The van der Waals surface area contributed by atoms with Crippen LogP contribution in [0.4, 0.5) is 5.69 Å². The molecule has 0 amide bonds. The second-order valence-corrected chi connectivity index (χ2v) is 5.68. The fraction of sp³-hybridized carbons (Fsp3) is 0.222. The Morgan fingerprint density at radius 2 is 1.67 bits per heavy atom. The lowest BCUT2D eigenvalue weighted by Gasteiger charge is -2.12. The van der Waals surface area contributed by atoms with E-state index in [4.69, 9.17) is 14.2 Å². The van der Waals surface area contributed by atoms with Gasteiger partial charge >= 0.3 is 0 Å². The summed E-state index contributed by atoms with van der Waals surface area (Å²) in [5.41, 5.74) is 1.97. The molecule has 0 aliphatic carbocycles. The van der Waals surface area contributed by atoms with Crippen LogP contribution in [0, 0.1) is 17.0 Å². The molecule has 2 aromatic carbocycles. The highest BCUT2D eigenvalue weighted by Gasteiger charge is 2.18. The molecule has 0 bridgehead atoms. The largest absolute Gasteiger partial charge is 0.493 e. The van der Waals surface area contributed by atoms with Gasteiger partial charge in [0.2, 0.25) is 5.75 Å². The third kappa shape index (κ3) is 3.39. The Morgan fingerprint density at radius 1 is 1.00 bits per heavy atom. The van der Waals surface area contributed by atoms with E-state index < -0.39 is 4.92 Å². The van der Waals surface area contributed by atoms with Crippen LogP contribution < -0.4 is 14.2 Å². The highest BCUT2D eigenvalue weighted by molar-refractivity contribution is 5.68. The minimum absolute atomic E-state index is 0.0584. The molecule has 0 saturated heterocycles. The van der Waals surface area contributed by atoms with E-state index in [1.165, 1.54) is 27.4 Å². The Bertz CT molecular complexity index is 974. The number of benzene rings is 2. The highest BCUT2D eigenvalue weighted by atomic mass is 16.6. The lowest BCUT2D eigenvalue weighted by molar-refractivity contribution is -0.385. The van der Waals surface area contributed by atoms with E-state index in [1.54, 1.807) is 31.2 Å². The normalized spacial score (nSPS) is 10.5. The average Bonchev–Trinajstić information content (AvgIpc) is 3.16. The number of hydrogen-bond donors (Lipinski definition) is 1. The molecule has 3 aromatic rings. The van der Waals surface area contributed by atoms with Gasteiger partial charge in [0, 0.05) is 22.8 Å². The Morgan fingerprint density at radius 3 is 2.19 bits per heavy atom. The fourth-order valence-corrected chi connectivity index (χ4v) is 2.74. The van der Waals surface area contributed by atoms with E-state index in [-0.39, 0.29) is 5.69 Å². The van der Waals surface area contributed by atoms with Gasteiger partial charge in [-0.1, -0.05) is 0 Å². The van der Waals surface area contributed by atoms with Crippen LogP contribution in [-0.2, 0) is 0 Å². The molecule has 1 N–H and O–H groups in total. The van der Waals surface area contributed by atoms with E-state index in [2.05, 4.69) is 15.2 Å². The van der Waals surface area contributed by atoms with Crippen LogP contribution in [0.1, 0.15) is 5.56 Å². The fourth-order valence-electron chi connectivity index (χ4n) is 2.74. The summed E-state index contributed by atoms with van der Waals surface area (Å²) in [7, 11) is 4.59. The quantitative estimate of drug-likeness (QED) is 0.523. The van der Waals surface area contributed by atoms with E-state index in [9.17, 15) is 10.1 Å². The number of aromatic amines is 1. The molecular formula is C18H18N4O5. The number of nitro benzene ring substituents is 1. The summed E-state index contributed by atoms with van der Waals surface area (Å²) in [5, 5.41) is 18.1. The SMILES string of the molecule is COc1cc(-c2n[nH]c(-c3ccc([N+](=O)[O-])c(C)c3)n2)cc(OC)c1OC. The number of aryl methyl sites for hydroxylation is 1. The summed E-state index contributed by atoms with van der Waals surface area (Å²) in [6.07, 6.45) is 0. The number of H-pyrrole nitrogens is 1. The molecule has 0 radical (unpaired) electrons. The minimum atomic E-state index is -0.416. The molecule has 1 aromatic heterocycles. The molecule has 9 heteroatoms. The molecule has 0 fully saturated rings. The van der Waals surface area contributed by atoms with E-state index >= 15 is 0 Å². The zero-order valence-corrected chi connectivity index (χ0v) is 15.3. The van der Waals surface area contributed by atoms with Crippen molar-refractivity contribution in [2.75, 3.05) is 21.3 Å². The number of rotatable bonds is 6. The Labute approximate surface area is 155 Å². The predicted octanol–water partition coefficient (Wildman–Crippen LogP) is 3.38.